The Morgan fingerprint density at radius 1 is 1.11 bits per heavy atom. The van der Waals surface area contributed by atoms with Gasteiger partial charge in [-0.25, -0.2) is 4.79 Å². The molecule has 0 saturated carbocycles. The van der Waals surface area contributed by atoms with Crippen LogP contribution in [0.4, 0.5) is 0 Å². The number of benzene rings is 2. The molecule has 1 saturated heterocycles. The average molecular weight is 388 g/mol. The number of hydrogen-bond donors (Lipinski definition) is 4. The zero-order valence-electron chi connectivity index (χ0n) is 15.6. The third kappa shape index (κ3) is 3.88. The Hall–Kier alpha value is -2.45. The minimum atomic E-state index is -1.20. The van der Waals surface area contributed by atoms with Crippen molar-refractivity contribution in [2.45, 2.75) is 38.4 Å². The van der Waals surface area contributed by atoms with Gasteiger partial charge >= 0.3 is 5.97 Å². The molecular formula is C21H24O7. The summed E-state index contributed by atoms with van der Waals surface area (Å²) in [6, 6.07) is 12.0. The fraction of sp³-hybridized carbons (Fsp3) is 0.381. The number of aliphatic hydroxyl groups excluding tert-OH is 3. The van der Waals surface area contributed by atoms with Crippen molar-refractivity contribution in [3.8, 4) is 16.9 Å². The smallest absolute Gasteiger partial charge is 0.335 e. The van der Waals surface area contributed by atoms with E-state index < -0.39 is 43.1 Å². The quantitative estimate of drug-likeness (QED) is 0.617. The number of rotatable bonds is 5. The van der Waals surface area contributed by atoms with Crippen LogP contribution in [0.2, 0.25) is 0 Å². The van der Waals surface area contributed by atoms with Crippen LogP contribution in [-0.4, -0.2) is 57.6 Å². The Morgan fingerprint density at radius 2 is 1.82 bits per heavy atom. The number of carboxylic acids is 1. The second-order valence-corrected chi connectivity index (χ2v) is 7.01. The summed E-state index contributed by atoms with van der Waals surface area (Å²) < 4.78 is 11.6. The van der Waals surface area contributed by atoms with Crippen molar-refractivity contribution in [1.82, 2.24) is 0 Å². The zero-order valence-corrected chi connectivity index (χ0v) is 15.6. The SMILES string of the molecule is Cc1ccc(C(=O)O)cc1-c1ccccc1O[C@@H]1OC(CO)[C@H](O)[C@H](O)C1C. The van der Waals surface area contributed by atoms with Crippen LogP contribution in [-0.2, 0) is 4.74 Å². The molecule has 0 radical (unpaired) electrons. The predicted molar refractivity (Wildman–Crippen MR) is 101 cm³/mol. The number of carbonyl (C=O) groups is 1. The van der Waals surface area contributed by atoms with Crippen molar-refractivity contribution in [3.63, 3.8) is 0 Å². The number of ether oxygens (including phenoxy) is 2. The minimum Gasteiger partial charge on any atom is -0.478 e. The highest BCUT2D eigenvalue weighted by molar-refractivity contribution is 5.90. The molecule has 0 aromatic heterocycles. The molecular weight excluding hydrogens is 364 g/mol. The third-order valence-electron chi connectivity index (χ3n) is 5.09. The van der Waals surface area contributed by atoms with Crippen LogP contribution in [0.3, 0.4) is 0 Å². The molecule has 0 amide bonds. The highest BCUT2D eigenvalue weighted by Crippen LogP contribution is 2.36. The molecule has 5 atom stereocenters. The first kappa shape index (κ1) is 20.3. The van der Waals surface area contributed by atoms with Gasteiger partial charge in [0.25, 0.3) is 0 Å². The maximum atomic E-state index is 11.4. The van der Waals surface area contributed by atoms with Crippen molar-refractivity contribution >= 4 is 5.97 Å². The Bertz CT molecular complexity index is 848. The van der Waals surface area contributed by atoms with Crippen molar-refractivity contribution in [2.75, 3.05) is 6.61 Å². The van der Waals surface area contributed by atoms with Gasteiger partial charge in [0.1, 0.15) is 18.0 Å². The lowest BCUT2D eigenvalue weighted by Gasteiger charge is -2.40. The number of aromatic carboxylic acids is 1. The van der Waals surface area contributed by atoms with Gasteiger partial charge in [-0.3, -0.25) is 0 Å². The molecule has 0 bridgehead atoms. The largest absolute Gasteiger partial charge is 0.478 e. The molecule has 1 heterocycles. The zero-order chi connectivity index (χ0) is 20.4. The van der Waals surface area contributed by atoms with Crippen LogP contribution in [0.15, 0.2) is 42.5 Å². The van der Waals surface area contributed by atoms with Gasteiger partial charge in [-0.15, -0.1) is 0 Å². The van der Waals surface area contributed by atoms with Crippen molar-refractivity contribution in [1.29, 1.82) is 0 Å². The fourth-order valence-corrected chi connectivity index (χ4v) is 3.32. The van der Waals surface area contributed by atoms with Crippen LogP contribution in [0.1, 0.15) is 22.8 Å². The first-order chi connectivity index (χ1) is 13.3. The van der Waals surface area contributed by atoms with Crippen LogP contribution in [0.5, 0.6) is 5.75 Å². The first-order valence-corrected chi connectivity index (χ1v) is 9.06. The molecule has 0 spiro atoms. The minimum absolute atomic E-state index is 0.163. The molecule has 1 aliphatic heterocycles. The summed E-state index contributed by atoms with van der Waals surface area (Å²) in [7, 11) is 0. The summed E-state index contributed by atoms with van der Waals surface area (Å²) in [6.45, 7) is 3.11. The lowest BCUT2D eigenvalue weighted by atomic mass is 9.92. The van der Waals surface area contributed by atoms with Gasteiger partial charge < -0.3 is 29.9 Å². The topological polar surface area (TPSA) is 116 Å². The van der Waals surface area contributed by atoms with Gasteiger partial charge in [-0.05, 0) is 36.2 Å². The number of hydrogen-bond acceptors (Lipinski definition) is 6. The lowest BCUT2D eigenvalue weighted by Crippen LogP contribution is -2.56. The summed E-state index contributed by atoms with van der Waals surface area (Å²) in [5.41, 5.74) is 2.43. The van der Waals surface area contributed by atoms with E-state index in [0.29, 0.717) is 16.9 Å². The van der Waals surface area contributed by atoms with Crippen molar-refractivity contribution < 1.29 is 34.7 Å². The Balaban J connectivity index is 1.95. The molecule has 2 aromatic rings. The first-order valence-electron chi connectivity index (χ1n) is 9.06. The highest BCUT2D eigenvalue weighted by atomic mass is 16.7. The molecule has 7 heteroatoms. The standard InChI is InChI=1S/C21H24O7/c1-11-7-8-13(20(25)26)9-15(11)14-5-3-4-6-16(14)27-21-12(2)18(23)19(24)17(10-22)28-21/h3-9,12,17-19,21-24H,10H2,1-2H3,(H,25,26)/t12?,17?,18-,19+,21-/m1/s1. The summed E-state index contributed by atoms with van der Waals surface area (Å²) in [5.74, 6) is -1.12. The highest BCUT2D eigenvalue weighted by Gasteiger charge is 2.43. The Kier molecular flexibility index (Phi) is 6.00. The van der Waals surface area contributed by atoms with Crippen molar-refractivity contribution in [3.05, 3.63) is 53.6 Å². The molecule has 28 heavy (non-hydrogen) atoms. The number of carboxylic acid groups (broad SMARTS) is 1. The van der Waals surface area contributed by atoms with E-state index in [9.17, 15) is 25.2 Å². The molecule has 3 rings (SSSR count). The van der Waals surface area contributed by atoms with E-state index in [2.05, 4.69) is 0 Å². The van der Waals surface area contributed by atoms with Gasteiger partial charge in [-0.1, -0.05) is 31.2 Å². The maximum Gasteiger partial charge on any atom is 0.335 e. The van der Waals surface area contributed by atoms with Crippen LogP contribution in [0.25, 0.3) is 11.1 Å². The second-order valence-electron chi connectivity index (χ2n) is 7.01. The predicted octanol–water partition coefficient (Wildman–Crippen LogP) is 1.81. The van der Waals surface area contributed by atoms with Crippen LogP contribution >= 0.6 is 0 Å². The molecule has 0 aliphatic carbocycles. The number of aryl methyl sites for hydroxylation is 1. The van der Waals surface area contributed by atoms with E-state index in [-0.39, 0.29) is 5.56 Å². The van der Waals surface area contributed by atoms with Gasteiger partial charge in [0.15, 0.2) is 0 Å². The van der Waals surface area contributed by atoms with Gasteiger partial charge in [0, 0.05) is 11.5 Å². The van der Waals surface area contributed by atoms with E-state index in [0.717, 1.165) is 5.56 Å². The van der Waals surface area contributed by atoms with Gasteiger partial charge in [0.2, 0.25) is 6.29 Å². The monoisotopic (exact) mass is 388 g/mol. The van der Waals surface area contributed by atoms with Gasteiger partial charge in [-0.2, -0.15) is 0 Å². The molecule has 1 aliphatic rings. The van der Waals surface area contributed by atoms with E-state index in [1.807, 2.05) is 19.1 Å². The van der Waals surface area contributed by atoms with Crippen LogP contribution in [0, 0.1) is 12.8 Å². The van der Waals surface area contributed by atoms with E-state index in [4.69, 9.17) is 9.47 Å². The number of aliphatic hydroxyl groups is 3. The molecule has 2 aromatic carbocycles. The molecule has 4 N–H and O–H groups in total. The molecule has 2 unspecified atom stereocenters. The normalized spacial score (nSPS) is 27.4. The lowest BCUT2D eigenvalue weighted by molar-refractivity contribution is -0.256. The molecule has 1 fully saturated rings. The van der Waals surface area contributed by atoms with E-state index in [1.165, 1.54) is 0 Å². The molecule has 150 valence electrons. The summed E-state index contributed by atoms with van der Waals surface area (Å²) in [4.78, 5) is 11.4. The maximum absolute atomic E-state index is 11.4. The summed E-state index contributed by atoms with van der Waals surface area (Å²) in [5, 5.41) is 38.9. The average Bonchev–Trinajstić information content (AvgIpc) is 2.69. The molecule has 7 nitrogen and oxygen atoms in total. The Morgan fingerprint density at radius 3 is 2.50 bits per heavy atom. The second kappa shape index (κ2) is 8.28. The van der Waals surface area contributed by atoms with E-state index in [1.54, 1.807) is 37.3 Å². The fourth-order valence-electron chi connectivity index (χ4n) is 3.32. The van der Waals surface area contributed by atoms with Gasteiger partial charge in [0.05, 0.1) is 18.3 Å². The summed E-state index contributed by atoms with van der Waals surface area (Å²) >= 11 is 0. The summed E-state index contributed by atoms with van der Waals surface area (Å²) in [6.07, 6.45) is -4.16. The van der Waals surface area contributed by atoms with Crippen LogP contribution < -0.4 is 4.74 Å². The van der Waals surface area contributed by atoms with Crippen molar-refractivity contribution in [2.24, 2.45) is 5.92 Å². The van der Waals surface area contributed by atoms with E-state index >= 15 is 0 Å². The Labute approximate surface area is 162 Å². The number of para-hydroxylation sites is 1. The third-order valence-corrected chi connectivity index (χ3v) is 5.09.